The molecule has 4 heterocycles. The van der Waals surface area contributed by atoms with Gasteiger partial charge in [0.2, 0.25) is 0 Å². The lowest BCUT2D eigenvalue weighted by Gasteiger charge is -2.14. The number of aromatic nitrogens is 2. The number of fused-ring (bicyclic) bond motifs is 11. The van der Waals surface area contributed by atoms with Gasteiger partial charge in [-0.25, -0.2) is 0 Å². The molecule has 0 unspecified atom stereocenters. The lowest BCUT2D eigenvalue weighted by Crippen LogP contribution is -1.95. The van der Waals surface area contributed by atoms with Crippen molar-refractivity contribution in [2.24, 2.45) is 0 Å². The fraction of sp³-hybridized carbons (Fsp3) is 0. The van der Waals surface area contributed by atoms with Crippen LogP contribution < -0.4 is 0 Å². The van der Waals surface area contributed by atoms with Crippen molar-refractivity contribution < 1.29 is 8.83 Å². The molecule has 0 spiro atoms. The largest absolute Gasteiger partial charge is 0.455 e. The molecule has 0 saturated heterocycles. The van der Waals surface area contributed by atoms with Crippen molar-refractivity contribution in [3.63, 3.8) is 0 Å². The number of rotatable bonds is 4. The standard InChI is InChI=1S/C50H30N2O2/c1-3-15-31(16-4-1)51-42-26-10-7-19-33(42)35-22-13-23-36(46(35)51)34-29-30-38(49-45(34)40-21-9-12-28-44(40)53-49)37-24-14-25-41-47-50(54-48(37)41)39-20-8-11-27-43(39)52(47)32-17-5-2-6-18-32/h1-30H. The molecule has 12 aromatic rings. The van der Waals surface area contributed by atoms with Crippen LogP contribution in [0.15, 0.2) is 191 Å². The average molecular weight is 691 g/mol. The van der Waals surface area contributed by atoms with Crippen LogP contribution in [-0.2, 0) is 0 Å². The molecular formula is C50H30N2O2. The number of hydrogen-bond acceptors (Lipinski definition) is 2. The van der Waals surface area contributed by atoms with Gasteiger partial charge in [0.05, 0.1) is 16.6 Å². The monoisotopic (exact) mass is 690 g/mol. The quantitative estimate of drug-likeness (QED) is 0.184. The predicted molar refractivity (Wildman–Crippen MR) is 223 cm³/mol. The second-order valence-corrected chi connectivity index (χ2v) is 14.0. The van der Waals surface area contributed by atoms with Crippen LogP contribution in [0.4, 0.5) is 0 Å². The normalized spacial score (nSPS) is 12.1. The van der Waals surface area contributed by atoms with Gasteiger partial charge >= 0.3 is 0 Å². The molecule has 252 valence electrons. The third-order valence-corrected chi connectivity index (χ3v) is 11.1. The molecule has 0 radical (unpaired) electrons. The Bertz CT molecular complexity index is 3430. The molecule has 8 aromatic carbocycles. The molecule has 4 heteroatoms. The molecule has 0 bridgehead atoms. The van der Waals surface area contributed by atoms with Gasteiger partial charge in [-0.2, -0.15) is 0 Å². The molecule has 4 aromatic heterocycles. The summed E-state index contributed by atoms with van der Waals surface area (Å²) in [7, 11) is 0. The highest BCUT2D eigenvalue weighted by molar-refractivity contribution is 6.23. The number of nitrogens with zero attached hydrogens (tertiary/aromatic N) is 2. The van der Waals surface area contributed by atoms with Crippen LogP contribution in [-0.4, -0.2) is 9.13 Å². The van der Waals surface area contributed by atoms with Crippen molar-refractivity contribution in [3.05, 3.63) is 182 Å². The maximum atomic E-state index is 6.98. The minimum Gasteiger partial charge on any atom is -0.455 e. The van der Waals surface area contributed by atoms with E-state index in [0.29, 0.717) is 0 Å². The van der Waals surface area contributed by atoms with Gasteiger partial charge in [0.1, 0.15) is 22.3 Å². The summed E-state index contributed by atoms with van der Waals surface area (Å²) in [4.78, 5) is 0. The molecule has 0 aliphatic carbocycles. The van der Waals surface area contributed by atoms with Crippen LogP contribution in [0.3, 0.4) is 0 Å². The van der Waals surface area contributed by atoms with Gasteiger partial charge in [-0.1, -0.05) is 121 Å². The first-order valence-electron chi connectivity index (χ1n) is 18.4. The zero-order valence-electron chi connectivity index (χ0n) is 29.0. The Morgan fingerprint density at radius 3 is 1.59 bits per heavy atom. The topological polar surface area (TPSA) is 36.1 Å². The first kappa shape index (κ1) is 29.3. The third-order valence-electron chi connectivity index (χ3n) is 11.1. The fourth-order valence-electron chi connectivity index (χ4n) is 8.90. The number of furan rings is 2. The van der Waals surface area contributed by atoms with Gasteiger partial charge in [-0.3, -0.25) is 0 Å². The molecule has 12 rings (SSSR count). The van der Waals surface area contributed by atoms with E-state index in [4.69, 9.17) is 8.83 Å². The zero-order chi connectivity index (χ0) is 35.3. The Kier molecular flexibility index (Phi) is 6.02. The van der Waals surface area contributed by atoms with E-state index in [-0.39, 0.29) is 0 Å². The average Bonchev–Trinajstić information content (AvgIpc) is 3.99. The highest BCUT2D eigenvalue weighted by atomic mass is 16.3. The summed E-state index contributed by atoms with van der Waals surface area (Å²) >= 11 is 0. The summed E-state index contributed by atoms with van der Waals surface area (Å²) in [5.74, 6) is 0. The fourth-order valence-corrected chi connectivity index (χ4v) is 8.90. The van der Waals surface area contributed by atoms with E-state index >= 15 is 0 Å². The molecule has 4 nitrogen and oxygen atoms in total. The van der Waals surface area contributed by atoms with Crippen LogP contribution in [0.25, 0.3) is 110 Å². The van der Waals surface area contributed by atoms with Crippen molar-refractivity contribution in [2.75, 3.05) is 0 Å². The summed E-state index contributed by atoms with van der Waals surface area (Å²) in [5.41, 5.74) is 14.5. The molecule has 0 aliphatic rings. The van der Waals surface area contributed by atoms with Gasteiger partial charge in [-0.05, 0) is 66.2 Å². The van der Waals surface area contributed by atoms with E-state index < -0.39 is 0 Å². The molecular weight excluding hydrogens is 661 g/mol. The highest BCUT2D eigenvalue weighted by Crippen LogP contribution is 2.48. The van der Waals surface area contributed by atoms with Gasteiger partial charge in [0, 0.05) is 60.4 Å². The van der Waals surface area contributed by atoms with Crippen molar-refractivity contribution in [1.82, 2.24) is 9.13 Å². The van der Waals surface area contributed by atoms with Crippen LogP contribution in [0.2, 0.25) is 0 Å². The lowest BCUT2D eigenvalue weighted by atomic mass is 9.93. The minimum atomic E-state index is 0.845. The molecule has 54 heavy (non-hydrogen) atoms. The Morgan fingerprint density at radius 1 is 0.296 bits per heavy atom. The Labute approximate surface area is 309 Å². The van der Waals surface area contributed by atoms with E-state index in [0.717, 1.165) is 88.5 Å². The third kappa shape index (κ3) is 3.97. The predicted octanol–water partition coefficient (Wildman–Crippen LogP) is 13.9. The lowest BCUT2D eigenvalue weighted by molar-refractivity contribution is 0.666. The Morgan fingerprint density at radius 2 is 0.833 bits per heavy atom. The van der Waals surface area contributed by atoms with Crippen LogP contribution in [0.5, 0.6) is 0 Å². The van der Waals surface area contributed by atoms with E-state index in [2.05, 4.69) is 185 Å². The van der Waals surface area contributed by atoms with Crippen molar-refractivity contribution in [1.29, 1.82) is 0 Å². The number of hydrogen-bond donors (Lipinski definition) is 0. The summed E-state index contributed by atoms with van der Waals surface area (Å²) in [6.45, 7) is 0. The van der Waals surface area contributed by atoms with E-state index in [1.165, 1.54) is 21.8 Å². The molecule has 0 amide bonds. The first-order chi connectivity index (χ1) is 26.8. The van der Waals surface area contributed by atoms with E-state index in [1.54, 1.807) is 0 Å². The molecule has 0 saturated carbocycles. The zero-order valence-corrected chi connectivity index (χ0v) is 29.0. The minimum absolute atomic E-state index is 0.845. The highest BCUT2D eigenvalue weighted by Gasteiger charge is 2.25. The Balaban J connectivity index is 1.17. The molecule has 0 aliphatic heterocycles. The van der Waals surface area contributed by atoms with Crippen LogP contribution >= 0.6 is 0 Å². The van der Waals surface area contributed by atoms with Gasteiger partial charge in [-0.15, -0.1) is 0 Å². The van der Waals surface area contributed by atoms with Gasteiger partial charge in [0.15, 0.2) is 5.58 Å². The van der Waals surface area contributed by atoms with E-state index in [9.17, 15) is 0 Å². The van der Waals surface area contributed by atoms with Gasteiger partial charge < -0.3 is 18.0 Å². The van der Waals surface area contributed by atoms with Crippen LogP contribution in [0.1, 0.15) is 0 Å². The summed E-state index contributed by atoms with van der Waals surface area (Å²) < 4.78 is 18.6. The van der Waals surface area contributed by atoms with Crippen molar-refractivity contribution in [2.45, 2.75) is 0 Å². The molecule has 0 fully saturated rings. The molecule has 0 N–H and O–H groups in total. The summed E-state index contributed by atoms with van der Waals surface area (Å²) in [6.07, 6.45) is 0. The van der Waals surface area contributed by atoms with Crippen molar-refractivity contribution in [3.8, 4) is 33.6 Å². The maximum Gasteiger partial charge on any atom is 0.161 e. The van der Waals surface area contributed by atoms with E-state index in [1.807, 2.05) is 6.07 Å². The SMILES string of the molecule is c1ccc(-n2c3ccccc3c3cccc(-c4ccc(-c5cccc6c5oc5c7ccccc7n(-c7ccccc7)c65)c5oc6ccccc6c45)c32)cc1. The summed E-state index contributed by atoms with van der Waals surface area (Å²) in [5, 5.41) is 6.77. The maximum absolute atomic E-state index is 6.98. The smallest absolute Gasteiger partial charge is 0.161 e. The number of benzene rings is 8. The first-order valence-corrected chi connectivity index (χ1v) is 18.4. The second kappa shape index (κ2) is 11.1. The second-order valence-electron chi connectivity index (χ2n) is 14.0. The Hall–Kier alpha value is -7.30. The molecule has 0 atom stereocenters. The summed E-state index contributed by atoms with van der Waals surface area (Å²) in [6, 6.07) is 64.5. The van der Waals surface area contributed by atoms with Crippen LogP contribution in [0, 0.1) is 0 Å². The van der Waals surface area contributed by atoms with Gasteiger partial charge in [0.25, 0.3) is 0 Å². The number of para-hydroxylation sites is 7. The van der Waals surface area contributed by atoms with Crippen molar-refractivity contribution >= 4 is 76.7 Å².